The Morgan fingerprint density at radius 2 is 2.14 bits per heavy atom. The Morgan fingerprint density at radius 3 is 2.86 bits per heavy atom. The minimum atomic E-state index is 0.607. The van der Waals surface area contributed by atoms with E-state index in [1.807, 2.05) is 0 Å². The first-order chi connectivity index (χ1) is 6.68. The zero-order valence-electron chi connectivity index (χ0n) is 9.17. The van der Waals surface area contributed by atoms with E-state index in [2.05, 4.69) is 49.3 Å². The minimum absolute atomic E-state index is 0.607. The van der Waals surface area contributed by atoms with Gasteiger partial charge in [-0.2, -0.15) is 0 Å². The van der Waals surface area contributed by atoms with Crippen LogP contribution < -0.4 is 10.2 Å². The first kappa shape index (κ1) is 9.38. The smallest absolute Gasteiger partial charge is 0.0602 e. The third kappa shape index (κ3) is 1.57. The Kier molecular flexibility index (Phi) is 2.36. The van der Waals surface area contributed by atoms with Gasteiger partial charge < -0.3 is 10.2 Å². The number of fused-ring (bicyclic) bond motifs is 1. The van der Waals surface area contributed by atoms with Crippen molar-refractivity contribution in [3.8, 4) is 0 Å². The van der Waals surface area contributed by atoms with Crippen molar-refractivity contribution in [3.05, 3.63) is 23.8 Å². The molecule has 1 N–H and O–H groups in total. The summed E-state index contributed by atoms with van der Waals surface area (Å²) in [7, 11) is 2.16. The lowest BCUT2D eigenvalue weighted by atomic mass is 10.0. The van der Waals surface area contributed by atoms with Gasteiger partial charge in [0.25, 0.3) is 0 Å². The molecule has 0 radical (unpaired) electrons. The summed E-state index contributed by atoms with van der Waals surface area (Å²) in [6.07, 6.45) is 0. The molecule has 0 aliphatic carbocycles. The number of likely N-dealkylation sites (N-methyl/N-ethyl adjacent to an activating group) is 1. The predicted molar refractivity (Wildman–Crippen MR) is 62.3 cm³/mol. The highest BCUT2D eigenvalue weighted by molar-refractivity contribution is 5.72. The van der Waals surface area contributed by atoms with Crippen LogP contribution in [0.3, 0.4) is 0 Å². The van der Waals surface area contributed by atoms with E-state index in [0.29, 0.717) is 5.92 Å². The maximum Gasteiger partial charge on any atom is 0.0602 e. The highest BCUT2D eigenvalue weighted by Crippen LogP contribution is 2.31. The molecule has 1 aromatic carbocycles. The molecule has 0 fully saturated rings. The zero-order chi connectivity index (χ0) is 10.1. The average Bonchev–Trinajstić information content (AvgIpc) is 2.18. The van der Waals surface area contributed by atoms with E-state index in [0.717, 1.165) is 13.1 Å². The molecule has 0 saturated carbocycles. The molecule has 2 nitrogen and oxygen atoms in total. The number of anilines is 2. The molecule has 1 aliphatic heterocycles. The summed E-state index contributed by atoms with van der Waals surface area (Å²) < 4.78 is 0. The van der Waals surface area contributed by atoms with Crippen molar-refractivity contribution in [2.75, 3.05) is 30.4 Å². The van der Waals surface area contributed by atoms with Crippen LogP contribution in [0, 0.1) is 0 Å². The molecule has 0 saturated heterocycles. The van der Waals surface area contributed by atoms with Crippen LogP contribution >= 0.6 is 0 Å². The van der Waals surface area contributed by atoms with Crippen LogP contribution in [0.4, 0.5) is 11.4 Å². The Morgan fingerprint density at radius 1 is 1.36 bits per heavy atom. The van der Waals surface area contributed by atoms with Crippen LogP contribution in [0.2, 0.25) is 0 Å². The quantitative estimate of drug-likeness (QED) is 0.732. The summed E-state index contributed by atoms with van der Waals surface area (Å²) in [6.45, 7) is 6.61. The van der Waals surface area contributed by atoms with Gasteiger partial charge in [-0.1, -0.05) is 19.9 Å². The van der Waals surface area contributed by atoms with Crippen molar-refractivity contribution in [1.29, 1.82) is 0 Å². The van der Waals surface area contributed by atoms with Gasteiger partial charge in [-0.05, 0) is 23.6 Å². The summed E-state index contributed by atoms with van der Waals surface area (Å²) in [5, 5.41) is 3.42. The molecular formula is C12H18N2. The molecule has 0 amide bonds. The molecule has 2 heteroatoms. The molecule has 1 heterocycles. The van der Waals surface area contributed by atoms with Gasteiger partial charge in [-0.15, -0.1) is 0 Å². The Bertz CT molecular complexity index is 331. The maximum atomic E-state index is 3.42. The normalized spacial score (nSPS) is 15.3. The van der Waals surface area contributed by atoms with Crippen LogP contribution in [-0.2, 0) is 0 Å². The second-order valence-corrected chi connectivity index (χ2v) is 4.28. The molecule has 0 atom stereocenters. The topological polar surface area (TPSA) is 15.3 Å². The van der Waals surface area contributed by atoms with Crippen LogP contribution in [0.1, 0.15) is 25.3 Å². The van der Waals surface area contributed by atoms with E-state index in [1.54, 1.807) is 0 Å². The highest BCUT2D eigenvalue weighted by atomic mass is 15.2. The standard InChI is InChI=1S/C12H18N2/c1-9(2)10-4-5-11-12(8-10)14(3)7-6-13-11/h4-5,8-9,13H,6-7H2,1-3H3. The number of rotatable bonds is 1. The molecule has 0 unspecified atom stereocenters. The summed E-state index contributed by atoms with van der Waals surface area (Å²) >= 11 is 0. The molecule has 2 rings (SSSR count). The second-order valence-electron chi connectivity index (χ2n) is 4.28. The summed E-state index contributed by atoms with van der Waals surface area (Å²) in [4.78, 5) is 2.32. The minimum Gasteiger partial charge on any atom is -0.382 e. The molecular weight excluding hydrogens is 172 g/mol. The van der Waals surface area contributed by atoms with Gasteiger partial charge in [0.05, 0.1) is 11.4 Å². The summed E-state index contributed by atoms with van der Waals surface area (Å²) in [5.41, 5.74) is 4.02. The lowest BCUT2D eigenvalue weighted by molar-refractivity contribution is 0.850. The van der Waals surface area contributed by atoms with E-state index in [9.17, 15) is 0 Å². The number of hydrogen-bond acceptors (Lipinski definition) is 2. The van der Waals surface area contributed by atoms with Crippen molar-refractivity contribution in [1.82, 2.24) is 0 Å². The molecule has 0 spiro atoms. The zero-order valence-corrected chi connectivity index (χ0v) is 9.17. The highest BCUT2D eigenvalue weighted by Gasteiger charge is 2.13. The Labute approximate surface area is 85.9 Å². The van der Waals surface area contributed by atoms with Crippen molar-refractivity contribution in [2.24, 2.45) is 0 Å². The van der Waals surface area contributed by atoms with Crippen molar-refractivity contribution < 1.29 is 0 Å². The van der Waals surface area contributed by atoms with Gasteiger partial charge in [0.1, 0.15) is 0 Å². The molecule has 1 aliphatic rings. The lowest BCUT2D eigenvalue weighted by Crippen LogP contribution is -2.30. The van der Waals surface area contributed by atoms with Gasteiger partial charge in [-0.25, -0.2) is 0 Å². The molecule has 76 valence electrons. The van der Waals surface area contributed by atoms with Crippen molar-refractivity contribution in [2.45, 2.75) is 19.8 Å². The van der Waals surface area contributed by atoms with Gasteiger partial charge in [0.15, 0.2) is 0 Å². The third-order valence-corrected chi connectivity index (χ3v) is 2.86. The van der Waals surface area contributed by atoms with Crippen LogP contribution in [-0.4, -0.2) is 20.1 Å². The average molecular weight is 190 g/mol. The third-order valence-electron chi connectivity index (χ3n) is 2.86. The number of benzene rings is 1. The molecule has 14 heavy (non-hydrogen) atoms. The monoisotopic (exact) mass is 190 g/mol. The number of nitrogens with one attached hydrogen (secondary N) is 1. The Balaban J connectivity index is 2.41. The molecule has 0 bridgehead atoms. The Hall–Kier alpha value is -1.18. The largest absolute Gasteiger partial charge is 0.382 e. The van der Waals surface area contributed by atoms with E-state index in [1.165, 1.54) is 16.9 Å². The van der Waals surface area contributed by atoms with Gasteiger partial charge in [0.2, 0.25) is 0 Å². The van der Waals surface area contributed by atoms with Crippen molar-refractivity contribution >= 4 is 11.4 Å². The first-order valence-corrected chi connectivity index (χ1v) is 5.27. The first-order valence-electron chi connectivity index (χ1n) is 5.27. The van der Waals surface area contributed by atoms with Crippen LogP contribution in [0.15, 0.2) is 18.2 Å². The van der Waals surface area contributed by atoms with E-state index in [-0.39, 0.29) is 0 Å². The second kappa shape index (κ2) is 3.52. The molecule has 1 aromatic rings. The number of hydrogen-bond donors (Lipinski definition) is 1. The summed E-state index contributed by atoms with van der Waals surface area (Å²) in [6, 6.07) is 6.71. The molecule has 0 aromatic heterocycles. The van der Waals surface area contributed by atoms with E-state index >= 15 is 0 Å². The fraction of sp³-hybridized carbons (Fsp3) is 0.500. The fourth-order valence-electron chi connectivity index (χ4n) is 1.85. The fourth-order valence-corrected chi connectivity index (χ4v) is 1.85. The predicted octanol–water partition coefficient (Wildman–Crippen LogP) is 2.67. The number of nitrogens with zero attached hydrogens (tertiary/aromatic N) is 1. The summed E-state index contributed by atoms with van der Waals surface area (Å²) in [5.74, 6) is 0.607. The van der Waals surface area contributed by atoms with Gasteiger partial charge in [-0.3, -0.25) is 0 Å². The van der Waals surface area contributed by atoms with Gasteiger partial charge >= 0.3 is 0 Å². The maximum absolute atomic E-state index is 3.42. The SMILES string of the molecule is CC(C)c1ccc2c(c1)N(C)CCN2. The van der Waals surface area contributed by atoms with Crippen molar-refractivity contribution in [3.63, 3.8) is 0 Å². The van der Waals surface area contributed by atoms with Gasteiger partial charge in [0, 0.05) is 20.1 Å². The van der Waals surface area contributed by atoms with Crippen LogP contribution in [0.25, 0.3) is 0 Å². The van der Waals surface area contributed by atoms with E-state index < -0.39 is 0 Å². The van der Waals surface area contributed by atoms with Crippen LogP contribution in [0.5, 0.6) is 0 Å². The van der Waals surface area contributed by atoms with E-state index in [4.69, 9.17) is 0 Å². The lowest BCUT2D eigenvalue weighted by Gasteiger charge is -2.29.